The lowest BCUT2D eigenvalue weighted by molar-refractivity contribution is -0.0749. The second-order valence-electron chi connectivity index (χ2n) is 4.57. The third-order valence-electron chi connectivity index (χ3n) is 3.86. The van der Waals surface area contributed by atoms with Crippen LogP contribution in [0.1, 0.15) is 53.9 Å². The van der Waals surface area contributed by atoms with E-state index in [1.807, 2.05) is 0 Å². The summed E-state index contributed by atoms with van der Waals surface area (Å²) in [4.78, 5) is 2.37. The Morgan fingerprint density at radius 2 is 1.59 bits per heavy atom. The van der Waals surface area contributed by atoms with Crippen molar-refractivity contribution in [2.24, 2.45) is 0 Å². The van der Waals surface area contributed by atoms with Gasteiger partial charge >= 0.3 is 0 Å². The molecule has 0 heterocycles. The molecule has 0 saturated carbocycles. The normalized spacial score (nSPS) is 14.3. The third-order valence-corrected chi connectivity index (χ3v) is 3.86. The van der Waals surface area contributed by atoms with Crippen LogP contribution in [0.25, 0.3) is 0 Å². The van der Waals surface area contributed by atoms with Crippen molar-refractivity contribution >= 4 is 0 Å². The highest BCUT2D eigenvalue weighted by molar-refractivity contribution is 4.94. The number of hydrogen-bond acceptors (Lipinski definition) is 3. The van der Waals surface area contributed by atoms with Crippen LogP contribution in [0.15, 0.2) is 0 Å². The van der Waals surface area contributed by atoms with Crippen molar-refractivity contribution in [2.45, 2.75) is 65.5 Å². The van der Waals surface area contributed by atoms with Gasteiger partial charge in [0.1, 0.15) is 0 Å². The second-order valence-corrected chi connectivity index (χ2v) is 4.57. The molecule has 1 N–H and O–H groups in total. The van der Waals surface area contributed by atoms with Gasteiger partial charge in [-0.25, -0.2) is 0 Å². The lowest BCUT2D eigenvalue weighted by Gasteiger charge is -2.45. The lowest BCUT2D eigenvalue weighted by atomic mass is 9.84. The molecule has 0 aromatic carbocycles. The Kier molecular flexibility index (Phi) is 8.83. The highest BCUT2D eigenvalue weighted by Crippen LogP contribution is 2.28. The number of aliphatic hydroxyl groups excluding tert-OH is 1. The topological polar surface area (TPSA) is 32.7 Å². The molecule has 1 unspecified atom stereocenters. The number of aliphatic hydroxyl groups is 1. The van der Waals surface area contributed by atoms with Gasteiger partial charge in [-0.3, -0.25) is 4.90 Å². The van der Waals surface area contributed by atoms with Crippen molar-refractivity contribution in [3.05, 3.63) is 0 Å². The average molecular weight is 245 g/mol. The minimum Gasteiger partial charge on any atom is -0.389 e. The molecule has 0 spiro atoms. The number of ether oxygens (including phenoxy) is 1. The molecule has 3 nitrogen and oxygen atoms in total. The predicted octanol–water partition coefficient (Wildman–Crippen LogP) is 2.67. The molecule has 0 aliphatic carbocycles. The van der Waals surface area contributed by atoms with E-state index >= 15 is 0 Å². The molecular weight excluding hydrogens is 214 g/mol. The summed E-state index contributed by atoms with van der Waals surface area (Å²) in [5.41, 5.74) is -0.128. The van der Waals surface area contributed by atoms with Crippen LogP contribution in [0.2, 0.25) is 0 Å². The van der Waals surface area contributed by atoms with Crippen LogP contribution in [0.4, 0.5) is 0 Å². The first-order valence-electron chi connectivity index (χ1n) is 7.13. The molecule has 0 aliphatic rings. The molecule has 17 heavy (non-hydrogen) atoms. The van der Waals surface area contributed by atoms with Crippen molar-refractivity contribution in [1.29, 1.82) is 0 Å². The first kappa shape index (κ1) is 16.9. The van der Waals surface area contributed by atoms with E-state index in [-0.39, 0.29) is 5.54 Å². The summed E-state index contributed by atoms with van der Waals surface area (Å²) >= 11 is 0. The Morgan fingerprint density at radius 1 is 1.06 bits per heavy atom. The fraction of sp³-hybridized carbons (Fsp3) is 1.00. The zero-order valence-electron chi connectivity index (χ0n) is 12.3. The Balaban J connectivity index is 4.66. The molecule has 0 amide bonds. The van der Waals surface area contributed by atoms with Crippen LogP contribution < -0.4 is 0 Å². The maximum atomic E-state index is 10.5. The molecule has 0 rings (SSSR count). The van der Waals surface area contributed by atoms with Gasteiger partial charge in [-0.15, -0.1) is 0 Å². The summed E-state index contributed by atoms with van der Waals surface area (Å²) in [7, 11) is 0. The van der Waals surface area contributed by atoms with Gasteiger partial charge in [0.05, 0.1) is 12.7 Å². The Labute approximate surface area is 107 Å². The zero-order valence-corrected chi connectivity index (χ0v) is 12.3. The largest absolute Gasteiger partial charge is 0.389 e. The number of likely N-dealkylation sites (N-methyl/N-ethyl adjacent to an activating group) is 1. The Hall–Kier alpha value is -0.120. The van der Waals surface area contributed by atoms with E-state index < -0.39 is 6.10 Å². The van der Waals surface area contributed by atoms with Gasteiger partial charge in [0.2, 0.25) is 0 Å². The van der Waals surface area contributed by atoms with E-state index in [4.69, 9.17) is 4.74 Å². The van der Waals surface area contributed by atoms with Gasteiger partial charge < -0.3 is 9.84 Å². The zero-order chi connectivity index (χ0) is 13.3. The molecule has 1 atom stereocenters. The van der Waals surface area contributed by atoms with Crippen molar-refractivity contribution in [2.75, 3.05) is 26.3 Å². The standard InChI is InChI=1S/C14H31NO2/c1-6-11-17-12-13(16)14(7-2,8-3)15(9-4)10-5/h13,16H,6-12H2,1-5H3. The van der Waals surface area contributed by atoms with Gasteiger partial charge in [-0.1, -0.05) is 34.6 Å². The first-order chi connectivity index (χ1) is 8.12. The van der Waals surface area contributed by atoms with Crippen molar-refractivity contribution in [1.82, 2.24) is 4.90 Å². The van der Waals surface area contributed by atoms with Crippen LogP contribution in [0, 0.1) is 0 Å². The Morgan fingerprint density at radius 3 is 1.94 bits per heavy atom. The molecule has 0 fully saturated rings. The molecule has 0 aromatic heterocycles. The van der Waals surface area contributed by atoms with E-state index in [9.17, 15) is 5.11 Å². The van der Waals surface area contributed by atoms with Crippen LogP contribution in [-0.4, -0.2) is 48.0 Å². The summed E-state index contributed by atoms with van der Waals surface area (Å²) < 4.78 is 5.52. The average Bonchev–Trinajstić information content (AvgIpc) is 2.36. The van der Waals surface area contributed by atoms with E-state index in [2.05, 4.69) is 39.5 Å². The van der Waals surface area contributed by atoms with Crippen LogP contribution in [-0.2, 0) is 4.74 Å². The predicted molar refractivity (Wildman–Crippen MR) is 73.4 cm³/mol. The van der Waals surface area contributed by atoms with E-state index in [0.717, 1.165) is 39.0 Å². The molecule has 0 aliphatic heterocycles. The van der Waals surface area contributed by atoms with E-state index in [0.29, 0.717) is 6.61 Å². The summed E-state index contributed by atoms with van der Waals surface area (Å²) in [6.07, 6.45) is 2.52. The van der Waals surface area contributed by atoms with Crippen molar-refractivity contribution in [3.63, 3.8) is 0 Å². The smallest absolute Gasteiger partial charge is 0.0956 e. The summed E-state index contributed by atoms with van der Waals surface area (Å²) in [5.74, 6) is 0. The molecule has 0 bridgehead atoms. The molecule has 0 aromatic rings. The summed E-state index contributed by atoms with van der Waals surface area (Å²) in [6.45, 7) is 13.8. The van der Waals surface area contributed by atoms with Crippen LogP contribution in [0.5, 0.6) is 0 Å². The number of nitrogens with zero attached hydrogens (tertiary/aromatic N) is 1. The minimum atomic E-state index is -0.399. The highest BCUT2D eigenvalue weighted by atomic mass is 16.5. The molecule has 3 heteroatoms. The lowest BCUT2D eigenvalue weighted by Crippen LogP contribution is -2.57. The second kappa shape index (κ2) is 8.90. The van der Waals surface area contributed by atoms with Gasteiger partial charge in [-0.05, 0) is 32.4 Å². The van der Waals surface area contributed by atoms with Crippen molar-refractivity contribution in [3.8, 4) is 0 Å². The maximum Gasteiger partial charge on any atom is 0.0956 e. The van der Waals surface area contributed by atoms with Gasteiger partial charge in [0.15, 0.2) is 0 Å². The van der Waals surface area contributed by atoms with E-state index in [1.165, 1.54) is 0 Å². The fourth-order valence-electron chi connectivity index (χ4n) is 2.73. The molecular formula is C14H31NO2. The van der Waals surface area contributed by atoms with Gasteiger partial charge in [0, 0.05) is 12.1 Å². The van der Waals surface area contributed by atoms with Gasteiger partial charge in [-0.2, -0.15) is 0 Å². The first-order valence-corrected chi connectivity index (χ1v) is 7.13. The van der Waals surface area contributed by atoms with Crippen LogP contribution >= 0.6 is 0 Å². The summed E-state index contributed by atoms with van der Waals surface area (Å²) in [6, 6.07) is 0. The Bertz CT molecular complexity index is 177. The molecule has 0 saturated heterocycles. The molecule has 0 radical (unpaired) electrons. The van der Waals surface area contributed by atoms with Crippen LogP contribution in [0.3, 0.4) is 0 Å². The number of rotatable bonds is 10. The number of hydrogen-bond donors (Lipinski definition) is 1. The summed E-state index contributed by atoms with van der Waals surface area (Å²) in [5, 5.41) is 10.5. The highest BCUT2D eigenvalue weighted by Gasteiger charge is 2.38. The SMILES string of the molecule is CCCOCC(O)C(CC)(CC)N(CC)CC. The molecule has 104 valence electrons. The third kappa shape index (κ3) is 4.23. The van der Waals surface area contributed by atoms with E-state index in [1.54, 1.807) is 0 Å². The van der Waals surface area contributed by atoms with Gasteiger partial charge in [0.25, 0.3) is 0 Å². The fourth-order valence-corrected chi connectivity index (χ4v) is 2.73. The maximum absolute atomic E-state index is 10.5. The monoisotopic (exact) mass is 245 g/mol. The van der Waals surface area contributed by atoms with Crippen molar-refractivity contribution < 1.29 is 9.84 Å². The minimum absolute atomic E-state index is 0.128. The quantitative estimate of drug-likeness (QED) is 0.601.